The number of benzene rings is 2. The van der Waals surface area contributed by atoms with Crippen LogP contribution in [0.4, 0.5) is 10.1 Å². The molecule has 0 atom stereocenters. The standard InChI is InChI=1S/C21H21FN4O2/c1-13-5-6-18(22)16(7-13)10-17(27)9-14-3-2-4-15(8-14)11-24-19-12-25-26-20(19)21(23)28/h2-8,12,24H,9-11H2,1H3,(H2,23,28)(H,25,26). The normalized spacial score (nSPS) is 10.6. The molecule has 7 heteroatoms. The van der Waals surface area contributed by atoms with Crippen molar-refractivity contribution in [3.8, 4) is 0 Å². The lowest BCUT2D eigenvalue weighted by Gasteiger charge is -2.08. The first-order chi connectivity index (χ1) is 13.4. The molecule has 0 aliphatic rings. The molecule has 3 aromatic rings. The van der Waals surface area contributed by atoms with Gasteiger partial charge >= 0.3 is 0 Å². The average molecular weight is 380 g/mol. The van der Waals surface area contributed by atoms with Gasteiger partial charge in [0.05, 0.1) is 11.9 Å². The molecular weight excluding hydrogens is 359 g/mol. The summed E-state index contributed by atoms with van der Waals surface area (Å²) in [6.07, 6.45) is 1.77. The summed E-state index contributed by atoms with van der Waals surface area (Å²) in [5.74, 6) is -1.01. The highest BCUT2D eigenvalue weighted by atomic mass is 19.1. The van der Waals surface area contributed by atoms with Crippen molar-refractivity contribution >= 4 is 17.4 Å². The summed E-state index contributed by atoms with van der Waals surface area (Å²) in [5.41, 5.74) is 9.13. The van der Waals surface area contributed by atoms with Crippen molar-refractivity contribution in [1.29, 1.82) is 0 Å². The number of carbonyl (C=O) groups excluding carboxylic acids is 2. The Morgan fingerprint density at radius 2 is 1.93 bits per heavy atom. The molecule has 0 aliphatic carbocycles. The lowest BCUT2D eigenvalue weighted by Crippen LogP contribution is -2.14. The number of anilines is 1. The number of carbonyl (C=O) groups is 2. The van der Waals surface area contributed by atoms with Gasteiger partial charge in [-0.25, -0.2) is 4.39 Å². The van der Waals surface area contributed by atoms with Crippen molar-refractivity contribution < 1.29 is 14.0 Å². The van der Waals surface area contributed by atoms with E-state index >= 15 is 0 Å². The number of nitrogens with two attached hydrogens (primary N) is 1. The number of primary amides is 1. The summed E-state index contributed by atoms with van der Waals surface area (Å²) in [7, 11) is 0. The maximum Gasteiger partial charge on any atom is 0.268 e. The number of aromatic amines is 1. The highest BCUT2D eigenvalue weighted by molar-refractivity contribution is 5.96. The Hall–Kier alpha value is -3.48. The first kappa shape index (κ1) is 19.3. The van der Waals surface area contributed by atoms with Gasteiger partial charge in [-0.15, -0.1) is 0 Å². The smallest absolute Gasteiger partial charge is 0.268 e. The summed E-state index contributed by atoms with van der Waals surface area (Å²) < 4.78 is 13.9. The van der Waals surface area contributed by atoms with Gasteiger partial charge in [-0.05, 0) is 29.7 Å². The zero-order valence-corrected chi connectivity index (χ0v) is 15.5. The van der Waals surface area contributed by atoms with E-state index in [4.69, 9.17) is 5.73 Å². The number of aryl methyl sites for hydroxylation is 1. The zero-order chi connectivity index (χ0) is 20.1. The number of Topliss-reactive ketones (excluding diaryl/α,β-unsaturated/α-hetero) is 1. The summed E-state index contributed by atoms with van der Waals surface area (Å²) in [5, 5.41) is 9.45. The fourth-order valence-electron chi connectivity index (χ4n) is 3.00. The predicted octanol–water partition coefficient (Wildman–Crippen LogP) is 2.92. The molecule has 0 bridgehead atoms. The number of rotatable bonds is 8. The van der Waals surface area contributed by atoms with Crippen LogP contribution in [0, 0.1) is 12.7 Å². The largest absolute Gasteiger partial charge is 0.378 e. The van der Waals surface area contributed by atoms with E-state index in [1.54, 1.807) is 12.1 Å². The summed E-state index contributed by atoms with van der Waals surface area (Å²) in [6.45, 7) is 2.31. The molecule has 144 valence electrons. The van der Waals surface area contributed by atoms with E-state index in [0.717, 1.165) is 16.7 Å². The van der Waals surface area contributed by atoms with Gasteiger partial charge in [0.2, 0.25) is 0 Å². The monoisotopic (exact) mass is 380 g/mol. The minimum absolute atomic E-state index is 0.0551. The van der Waals surface area contributed by atoms with Crippen molar-refractivity contribution in [2.24, 2.45) is 5.73 Å². The molecule has 0 fully saturated rings. The third-order valence-electron chi connectivity index (χ3n) is 4.35. The number of hydrogen-bond donors (Lipinski definition) is 3. The number of hydrogen-bond acceptors (Lipinski definition) is 4. The molecule has 0 saturated carbocycles. The van der Waals surface area contributed by atoms with Crippen LogP contribution in [0.2, 0.25) is 0 Å². The molecule has 0 radical (unpaired) electrons. The van der Waals surface area contributed by atoms with Crippen molar-refractivity contribution in [2.75, 3.05) is 5.32 Å². The van der Waals surface area contributed by atoms with Gasteiger partial charge in [0, 0.05) is 19.4 Å². The summed E-state index contributed by atoms with van der Waals surface area (Å²) in [6, 6.07) is 12.3. The van der Waals surface area contributed by atoms with Crippen LogP contribution in [0.15, 0.2) is 48.7 Å². The third-order valence-corrected chi connectivity index (χ3v) is 4.35. The Kier molecular flexibility index (Phi) is 5.84. The number of nitrogens with zero attached hydrogens (tertiary/aromatic N) is 1. The SMILES string of the molecule is Cc1ccc(F)c(CC(=O)Cc2cccc(CNc3cn[nH]c3C(N)=O)c2)c1. The number of nitrogens with one attached hydrogen (secondary N) is 2. The minimum atomic E-state index is -0.595. The second-order valence-corrected chi connectivity index (χ2v) is 6.68. The van der Waals surface area contributed by atoms with Crippen LogP contribution in [-0.4, -0.2) is 21.9 Å². The quantitative estimate of drug-likeness (QED) is 0.559. The first-order valence-electron chi connectivity index (χ1n) is 8.84. The van der Waals surface area contributed by atoms with Crippen molar-refractivity contribution in [3.63, 3.8) is 0 Å². The minimum Gasteiger partial charge on any atom is -0.378 e. The van der Waals surface area contributed by atoms with Gasteiger partial charge in [0.1, 0.15) is 17.3 Å². The van der Waals surface area contributed by atoms with Crippen LogP contribution >= 0.6 is 0 Å². The molecule has 0 saturated heterocycles. The molecule has 3 rings (SSSR count). The van der Waals surface area contributed by atoms with Crippen LogP contribution in [-0.2, 0) is 24.2 Å². The molecule has 0 spiro atoms. The second kappa shape index (κ2) is 8.47. The predicted molar refractivity (Wildman–Crippen MR) is 104 cm³/mol. The third kappa shape index (κ3) is 4.82. The highest BCUT2D eigenvalue weighted by Gasteiger charge is 2.12. The lowest BCUT2D eigenvalue weighted by molar-refractivity contribution is -0.117. The van der Waals surface area contributed by atoms with E-state index in [2.05, 4.69) is 15.5 Å². The molecule has 0 aliphatic heterocycles. The maximum absolute atomic E-state index is 13.9. The van der Waals surface area contributed by atoms with Crippen molar-refractivity contribution in [3.05, 3.63) is 82.4 Å². The molecule has 4 N–H and O–H groups in total. The van der Waals surface area contributed by atoms with Gasteiger partial charge in [0.15, 0.2) is 0 Å². The molecule has 1 heterocycles. The molecule has 28 heavy (non-hydrogen) atoms. The molecular formula is C21H21FN4O2. The number of amides is 1. The number of halogens is 1. The first-order valence-corrected chi connectivity index (χ1v) is 8.84. The lowest BCUT2D eigenvalue weighted by atomic mass is 10.00. The van der Waals surface area contributed by atoms with Gasteiger partial charge in [-0.2, -0.15) is 5.10 Å². The number of ketones is 1. The fraction of sp³-hybridized carbons (Fsp3) is 0.190. The van der Waals surface area contributed by atoms with Crippen molar-refractivity contribution in [1.82, 2.24) is 10.2 Å². The molecule has 1 amide bonds. The number of aromatic nitrogens is 2. The van der Waals surface area contributed by atoms with Gasteiger partial charge in [-0.1, -0.05) is 42.0 Å². The van der Waals surface area contributed by atoms with E-state index < -0.39 is 5.91 Å². The molecule has 6 nitrogen and oxygen atoms in total. The van der Waals surface area contributed by atoms with Gasteiger partial charge in [-0.3, -0.25) is 14.7 Å². The molecule has 0 unspecified atom stereocenters. The topological polar surface area (TPSA) is 101 Å². The Balaban J connectivity index is 1.63. The van der Waals surface area contributed by atoms with Gasteiger partial charge < -0.3 is 11.1 Å². The Morgan fingerprint density at radius 1 is 1.14 bits per heavy atom. The zero-order valence-electron chi connectivity index (χ0n) is 15.5. The maximum atomic E-state index is 13.9. The van der Waals surface area contributed by atoms with Crippen molar-refractivity contribution in [2.45, 2.75) is 26.3 Å². The Morgan fingerprint density at radius 3 is 2.71 bits per heavy atom. The van der Waals surface area contributed by atoms with E-state index in [0.29, 0.717) is 17.8 Å². The van der Waals surface area contributed by atoms with Crippen LogP contribution in [0.25, 0.3) is 0 Å². The second-order valence-electron chi connectivity index (χ2n) is 6.68. The highest BCUT2D eigenvalue weighted by Crippen LogP contribution is 2.15. The van der Waals surface area contributed by atoms with Crippen LogP contribution in [0.3, 0.4) is 0 Å². The average Bonchev–Trinajstić information content (AvgIpc) is 3.12. The molecule has 1 aromatic heterocycles. The van der Waals surface area contributed by atoms with E-state index in [-0.39, 0.29) is 30.1 Å². The van der Waals surface area contributed by atoms with Crippen LogP contribution in [0.1, 0.15) is 32.7 Å². The summed E-state index contributed by atoms with van der Waals surface area (Å²) in [4.78, 5) is 23.7. The van der Waals surface area contributed by atoms with Gasteiger partial charge in [0.25, 0.3) is 5.91 Å². The van der Waals surface area contributed by atoms with E-state index in [9.17, 15) is 14.0 Å². The number of H-pyrrole nitrogens is 1. The van der Waals surface area contributed by atoms with E-state index in [1.165, 1.54) is 12.3 Å². The Bertz CT molecular complexity index is 1010. The van der Waals surface area contributed by atoms with E-state index in [1.807, 2.05) is 31.2 Å². The van der Waals surface area contributed by atoms with Crippen LogP contribution < -0.4 is 11.1 Å². The fourth-order valence-corrected chi connectivity index (χ4v) is 3.00. The Labute approximate surface area is 162 Å². The molecule has 2 aromatic carbocycles. The van der Waals surface area contributed by atoms with Crippen LogP contribution in [0.5, 0.6) is 0 Å². The summed E-state index contributed by atoms with van der Waals surface area (Å²) >= 11 is 0.